The van der Waals surface area contributed by atoms with Gasteiger partial charge in [-0.15, -0.1) is 0 Å². The lowest BCUT2D eigenvalue weighted by molar-refractivity contribution is -0.141. The molecule has 172 valence electrons. The molecule has 0 unspecified atom stereocenters. The minimum Gasteiger partial charge on any atom is -0.486 e. The van der Waals surface area contributed by atoms with Crippen LogP contribution in [0.3, 0.4) is 0 Å². The van der Waals surface area contributed by atoms with E-state index >= 15 is 0 Å². The van der Waals surface area contributed by atoms with Gasteiger partial charge in [0.1, 0.15) is 19.3 Å². The zero-order valence-corrected chi connectivity index (χ0v) is 19.5. The summed E-state index contributed by atoms with van der Waals surface area (Å²) in [5.41, 5.74) is 3.17. The summed E-state index contributed by atoms with van der Waals surface area (Å²) in [4.78, 5) is 28.0. The standard InChI is InChI=1S/C26H34N2O4/c1-5-22(26(30)27-18(2)3)28(17-21-9-7-6-8-19(21)4)25(29)13-11-20-10-12-23-24(16-20)32-15-14-31-23/h6-10,12,16,18,22H,5,11,13-15,17H2,1-4H3,(H,27,30)/t22-/m1/s1. The number of carbonyl (C=O) groups is 2. The summed E-state index contributed by atoms with van der Waals surface area (Å²) in [6.45, 7) is 9.33. The number of benzene rings is 2. The van der Waals surface area contributed by atoms with Crippen molar-refractivity contribution in [3.63, 3.8) is 0 Å². The van der Waals surface area contributed by atoms with Crippen LogP contribution < -0.4 is 14.8 Å². The van der Waals surface area contributed by atoms with E-state index in [1.165, 1.54) is 0 Å². The summed E-state index contributed by atoms with van der Waals surface area (Å²) in [6, 6.07) is 13.3. The number of rotatable bonds is 9. The van der Waals surface area contributed by atoms with Crippen LogP contribution in [-0.2, 0) is 22.6 Å². The highest BCUT2D eigenvalue weighted by Crippen LogP contribution is 2.31. The van der Waals surface area contributed by atoms with E-state index in [2.05, 4.69) is 5.32 Å². The molecule has 32 heavy (non-hydrogen) atoms. The van der Waals surface area contributed by atoms with E-state index in [4.69, 9.17) is 9.47 Å². The van der Waals surface area contributed by atoms with Crippen molar-refractivity contribution in [2.45, 2.75) is 65.6 Å². The van der Waals surface area contributed by atoms with Crippen molar-refractivity contribution in [1.29, 1.82) is 0 Å². The van der Waals surface area contributed by atoms with Gasteiger partial charge in [-0.3, -0.25) is 9.59 Å². The number of nitrogens with zero attached hydrogens (tertiary/aromatic N) is 1. The molecule has 0 spiro atoms. The van der Waals surface area contributed by atoms with Crippen molar-refractivity contribution >= 4 is 11.8 Å². The fraction of sp³-hybridized carbons (Fsp3) is 0.462. The van der Waals surface area contributed by atoms with Crippen LogP contribution in [-0.4, -0.2) is 42.0 Å². The number of fused-ring (bicyclic) bond motifs is 1. The van der Waals surface area contributed by atoms with Gasteiger partial charge in [0.15, 0.2) is 11.5 Å². The normalized spacial score (nSPS) is 13.5. The van der Waals surface area contributed by atoms with Gasteiger partial charge < -0.3 is 19.7 Å². The van der Waals surface area contributed by atoms with E-state index < -0.39 is 6.04 Å². The first-order valence-electron chi connectivity index (χ1n) is 11.4. The molecule has 0 aromatic heterocycles. The second kappa shape index (κ2) is 11.0. The number of hydrogen-bond donors (Lipinski definition) is 1. The highest BCUT2D eigenvalue weighted by molar-refractivity contribution is 5.88. The summed E-state index contributed by atoms with van der Waals surface area (Å²) in [7, 11) is 0. The summed E-state index contributed by atoms with van der Waals surface area (Å²) in [6.07, 6.45) is 1.44. The van der Waals surface area contributed by atoms with E-state index in [9.17, 15) is 9.59 Å². The molecule has 3 rings (SSSR count). The Morgan fingerprint density at radius 1 is 1.06 bits per heavy atom. The molecule has 1 aliphatic rings. The van der Waals surface area contributed by atoms with E-state index in [1.54, 1.807) is 4.90 Å². The molecule has 0 aliphatic carbocycles. The molecule has 1 atom stereocenters. The Morgan fingerprint density at radius 3 is 2.47 bits per heavy atom. The van der Waals surface area contributed by atoms with Gasteiger partial charge in [-0.1, -0.05) is 37.3 Å². The van der Waals surface area contributed by atoms with Crippen LogP contribution in [0.1, 0.15) is 50.3 Å². The largest absolute Gasteiger partial charge is 0.486 e. The molecular formula is C26H34N2O4. The maximum atomic E-state index is 13.4. The van der Waals surface area contributed by atoms with E-state index in [-0.39, 0.29) is 17.9 Å². The Balaban J connectivity index is 1.77. The minimum absolute atomic E-state index is 0.0182. The van der Waals surface area contributed by atoms with Crippen LogP contribution in [0.15, 0.2) is 42.5 Å². The first-order valence-corrected chi connectivity index (χ1v) is 11.4. The third-order valence-electron chi connectivity index (χ3n) is 5.65. The maximum absolute atomic E-state index is 13.4. The second-order valence-corrected chi connectivity index (χ2v) is 8.51. The lowest BCUT2D eigenvalue weighted by Gasteiger charge is -2.31. The molecule has 6 nitrogen and oxygen atoms in total. The monoisotopic (exact) mass is 438 g/mol. The Kier molecular flexibility index (Phi) is 8.14. The number of hydrogen-bond acceptors (Lipinski definition) is 4. The molecule has 2 amide bonds. The lowest BCUT2D eigenvalue weighted by atomic mass is 10.0. The third-order valence-corrected chi connectivity index (χ3v) is 5.65. The summed E-state index contributed by atoms with van der Waals surface area (Å²) >= 11 is 0. The zero-order valence-electron chi connectivity index (χ0n) is 19.5. The summed E-state index contributed by atoms with van der Waals surface area (Å²) in [5, 5.41) is 2.97. The highest BCUT2D eigenvalue weighted by atomic mass is 16.6. The minimum atomic E-state index is -0.509. The molecule has 1 N–H and O–H groups in total. The van der Waals surface area contributed by atoms with Gasteiger partial charge in [-0.25, -0.2) is 0 Å². The smallest absolute Gasteiger partial charge is 0.243 e. The van der Waals surface area contributed by atoms with Crippen LogP contribution in [0.2, 0.25) is 0 Å². The van der Waals surface area contributed by atoms with Gasteiger partial charge >= 0.3 is 0 Å². The highest BCUT2D eigenvalue weighted by Gasteiger charge is 2.29. The molecule has 2 aromatic carbocycles. The Labute approximate surface area is 190 Å². The second-order valence-electron chi connectivity index (χ2n) is 8.51. The van der Waals surface area contributed by atoms with Gasteiger partial charge in [-0.05, 0) is 62.4 Å². The van der Waals surface area contributed by atoms with Crippen molar-refractivity contribution in [3.8, 4) is 11.5 Å². The fourth-order valence-corrected chi connectivity index (χ4v) is 3.91. The van der Waals surface area contributed by atoms with Crippen LogP contribution in [0.4, 0.5) is 0 Å². The van der Waals surface area contributed by atoms with Gasteiger partial charge in [0.05, 0.1) is 0 Å². The topological polar surface area (TPSA) is 67.9 Å². The predicted octanol–water partition coefficient (Wildman–Crippen LogP) is 4.03. The van der Waals surface area contributed by atoms with E-state index in [1.807, 2.05) is 70.2 Å². The Hall–Kier alpha value is -3.02. The molecule has 6 heteroatoms. The number of amides is 2. The maximum Gasteiger partial charge on any atom is 0.243 e. The lowest BCUT2D eigenvalue weighted by Crippen LogP contribution is -2.50. The van der Waals surface area contributed by atoms with Gasteiger partial charge in [-0.2, -0.15) is 0 Å². The first-order chi connectivity index (χ1) is 15.4. The molecule has 0 radical (unpaired) electrons. The van der Waals surface area contributed by atoms with Gasteiger partial charge in [0, 0.05) is 19.0 Å². The van der Waals surface area contributed by atoms with Crippen LogP contribution in [0, 0.1) is 6.92 Å². The SMILES string of the molecule is CC[C@H](C(=O)NC(C)C)N(Cc1ccccc1C)C(=O)CCc1ccc2c(c1)OCCO2. The molecule has 0 bridgehead atoms. The number of ether oxygens (including phenoxy) is 2. The summed E-state index contributed by atoms with van der Waals surface area (Å²) in [5.74, 6) is 1.32. The van der Waals surface area contributed by atoms with Crippen molar-refractivity contribution in [2.75, 3.05) is 13.2 Å². The predicted molar refractivity (Wildman–Crippen MR) is 125 cm³/mol. The molecule has 0 fully saturated rings. The summed E-state index contributed by atoms with van der Waals surface area (Å²) < 4.78 is 11.2. The van der Waals surface area contributed by atoms with Crippen molar-refractivity contribution in [1.82, 2.24) is 10.2 Å². The van der Waals surface area contributed by atoms with Gasteiger partial charge in [0.2, 0.25) is 11.8 Å². The Bertz CT molecular complexity index is 941. The Morgan fingerprint density at radius 2 is 1.78 bits per heavy atom. The molecule has 1 heterocycles. The molecule has 0 saturated carbocycles. The first kappa shape index (κ1) is 23.6. The van der Waals surface area contributed by atoms with Crippen molar-refractivity contribution < 1.29 is 19.1 Å². The molecule has 1 aliphatic heterocycles. The number of aryl methyl sites for hydroxylation is 2. The molecule has 2 aromatic rings. The molecule has 0 saturated heterocycles. The van der Waals surface area contributed by atoms with Crippen LogP contribution >= 0.6 is 0 Å². The third kappa shape index (κ3) is 6.02. The van der Waals surface area contributed by atoms with E-state index in [0.29, 0.717) is 39.0 Å². The van der Waals surface area contributed by atoms with Crippen LogP contribution in [0.5, 0.6) is 11.5 Å². The molecular weight excluding hydrogens is 404 g/mol. The fourth-order valence-electron chi connectivity index (χ4n) is 3.91. The quantitative estimate of drug-likeness (QED) is 0.642. The average Bonchev–Trinajstić information content (AvgIpc) is 2.78. The van der Waals surface area contributed by atoms with Crippen LogP contribution in [0.25, 0.3) is 0 Å². The zero-order chi connectivity index (χ0) is 23.1. The number of carbonyl (C=O) groups excluding carboxylic acids is 2. The van der Waals surface area contributed by atoms with E-state index in [0.717, 1.165) is 28.2 Å². The average molecular weight is 439 g/mol. The van der Waals surface area contributed by atoms with Gasteiger partial charge in [0.25, 0.3) is 0 Å². The van der Waals surface area contributed by atoms with Crippen molar-refractivity contribution in [3.05, 3.63) is 59.2 Å². The van der Waals surface area contributed by atoms with Crippen molar-refractivity contribution in [2.24, 2.45) is 0 Å². The number of nitrogens with one attached hydrogen (secondary N) is 1.